The van der Waals surface area contributed by atoms with Crippen LogP contribution in [0.5, 0.6) is 0 Å². The molecule has 0 spiro atoms. The van der Waals surface area contributed by atoms with E-state index in [2.05, 4.69) is 4.98 Å². The summed E-state index contributed by atoms with van der Waals surface area (Å²) in [5, 5.41) is 0. The summed E-state index contributed by atoms with van der Waals surface area (Å²) in [6.45, 7) is 0.593. The van der Waals surface area contributed by atoms with Crippen LogP contribution in [0.25, 0.3) is 11.0 Å². The molecule has 2 rings (SSSR count). The van der Waals surface area contributed by atoms with Crippen LogP contribution in [0, 0.1) is 9.39 Å². The highest BCUT2D eigenvalue weighted by molar-refractivity contribution is 14.1. The Labute approximate surface area is 123 Å². The number of hydrogen-bond donors (Lipinski definition) is 2. The lowest BCUT2D eigenvalue weighted by molar-refractivity contribution is -0.118. The number of imidazole rings is 1. The second kappa shape index (κ2) is 5.72. The first-order valence-corrected chi connectivity index (χ1v) is 6.96. The van der Waals surface area contributed by atoms with E-state index in [1.807, 2.05) is 22.6 Å². The number of nitrogen functional groups attached to an aromatic ring is 1. The molecule has 7 heteroatoms. The lowest BCUT2D eigenvalue weighted by Gasteiger charge is -2.06. The smallest absolute Gasteiger partial charge is 0.217 e. The molecule has 1 amide bonds. The number of unbranched alkanes of at least 4 members (excludes halogenated alkanes) is 1. The van der Waals surface area contributed by atoms with Gasteiger partial charge in [-0.1, -0.05) is 0 Å². The Kier molecular flexibility index (Phi) is 4.23. The maximum atomic E-state index is 13.6. The number of aryl methyl sites for hydroxylation is 1. The van der Waals surface area contributed by atoms with Crippen LogP contribution in [0.4, 0.5) is 10.3 Å². The van der Waals surface area contributed by atoms with E-state index in [0.29, 0.717) is 39.9 Å². The lowest BCUT2D eigenvalue weighted by Crippen LogP contribution is -2.10. The minimum absolute atomic E-state index is 0.286. The average Bonchev–Trinajstić information content (AvgIpc) is 2.61. The first-order valence-electron chi connectivity index (χ1n) is 5.88. The van der Waals surface area contributed by atoms with Gasteiger partial charge in [0.15, 0.2) is 0 Å². The molecule has 4 N–H and O–H groups in total. The van der Waals surface area contributed by atoms with Gasteiger partial charge in [-0.2, -0.15) is 0 Å². The molecule has 0 unspecified atom stereocenters. The molecule has 0 aliphatic carbocycles. The summed E-state index contributed by atoms with van der Waals surface area (Å²) in [4.78, 5) is 14.9. The van der Waals surface area contributed by atoms with Crippen molar-refractivity contribution in [3.8, 4) is 0 Å². The molecule has 0 aliphatic heterocycles. The number of primary amides is 1. The Morgan fingerprint density at radius 3 is 2.84 bits per heavy atom. The van der Waals surface area contributed by atoms with Crippen molar-refractivity contribution in [2.24, 2.45) is 5.73 Å². The van der Waals surface area contributed by atoms with Crippen LogP contribution in [-0.2, 0) is 11.3 Å². The van der Waals surface area contributed by atoms with Crippen molar-refractivity contribution in [3.05, 3.63) is 21.5 Å². The van der Waals surface area contributed by atoms with Crippen molar-refractivity contribution in [2.45, 2.75) is 25.8 Å². The number of carbonyl (C=O) groups is 1. The number of rotatable bonds is 5. The standard InChI is InChI=1S/C12H14FIN4O/c13-7-5-10-9(6-8(7)14)17-12(16)18(10)4-2-1-3-11(15)19/h5-6H,1-4H2,(H2,15,19)(H2,16,17). The largest absolute Gasteiger partial charge is 0.370 e. The molecular weight excluding hydrogens is 362 g/mol. The Hall–Kier alpha value is -1.38. The third-order valence-corrected chi connectivity index (χ3v) is 3.70. The zero-order valence-corrected chi connectivity index (χ0v) is 12.4. The summed E-state index contributed by atoms with van der Waals surface area (Å²) in [5.74, 6) is -0.245. The molecule has 1 aromatic heterocycles. The summed E-state index contributed by atoms with van der Waals surface area (Å²) in [6, 6.07) is 3.11. The van der Waals surface area contributed by atoms with E-state index in [4.69, 9.17) is 11.5 Å². The van der Waals surface area contributed by atoms with Crippen molar-refractivity contribution in [3.63, 3.8) is 0 Å². The number of amides is 1. The van der Waals surface area contributed by atoms with Gasteiger partial charge in [0, 0.05) is 19.0 Å². The predicted molar refractivity (Wildman–Crippen MR) is 79.9 cm³/mol. The zero-order valence-electron chi connectivity index (χ0n) is 10.2. The molecule has 5 nitrogen and oxygen atoms in total. The molecule has 102 valence electrons. The highest BCUT2D eigenvalue weighted by atomic mass is 127. The average molecular weight is 376 g/mol. The fourth-order valence-corrected chi connectivity index (χ4v) is 2.39. The summed E-state index contributed by atoms with van der Waals surface area (Å²) < 4.78 is 15.9. The molecule has 0 radical (unpaired) electrons. The van der Waals surface area contributed by atoms with Gasteiger partial charge >= 0.3 is 0 Å². The van der Waals surface area contributed by atoms with Gasteiger partial charge in [-0.05, 0) is 41.5 Å². The van der Waals surface area contributed by atoms with Crippen molar-refractivity contribution in [2.75, 3.05) is 5.73 Å². The third kappa shape index (κ3) is 3.14. The van der Waals surface area contributed by atoms with Gasteiger partial charge in [-0.25, -0.2) is 9.37 Å². The normalized spacial score (nSPS) is 11.1. The van der Waals surface area contributed by atoms with E-state index in [-0.39, 0.29) is 11.7 Å². The molecule has 0 fully saturated rings. The first kappa shape index (κ1) is 14.0. The quantitative estimate of drug-likeness (QED) is 0.618. The molecule has 0 saturated carbocycles. The van der Waals surface area contributed by atoms with Crippen LogP contribution in [0.1, 0.15) is 19.3 Å². The lowest BCUT2D eigenvalue weighted by atomic mass is 10.2. The Balaban J connectivity index is 2.20. The number of nitrogens with zero attached hydrogens (tertiary/aromatic N) is 2. The minimum Gasteiger partial charge on any atom is -0.370 e. The number of anilines is 1. The van der Waals surface area contributed by atoms with E-state index < -0.39 is 0 Å². The van der Waals surface area contributed by atoms with Crippen LogP contribution in [0.15, 0.2) is 12.1 Å². The summed E-state index contributed by atoms with van der Waals surface area (Å²) in [7, 11) is 0. The van der Waals surface area contributed by atoms with Gasteiger partial charge in [0.05, 0.1) is 14.6 Å². The fourth-order valence-electron chi connectivity index (χ4n) is 1.94. The minimum atomic E-state index is -0.316. The van der Waals surface area contributed by atoms with E-state index in [1.165, 1.54) is 6.07 Å². The second-order valence-electron chi connectivity index (χ2n) is 4.30. The molecule has 0 atom stereocenters. The number of fused-ring (bicyclic) bond motifs is 1. The first-order chi connectivity index (χ1) is 8.99. The van der Waals surface area contributed by atoms with Crippen LogP contribution >= 0.6 is 22.6 Å². The maximum absolute atomic E-state index is 13.6. The van der Waals surface area contributed by atoms with Crippen molar-refractivity contribution in [1.82, 2.24) is 9.55 Å². The number of hydrogen-bond acceptors (Lipinski definition) is 3. The Bertz CT molecular complexity index is 626. The predicted octanol–water partition coefficient (Wildman–Crippen LogP) is 2.02. The third-order valence-electron chi connectivity index (χ3n) is 2.87. The summed E-state index contributed by atoms with van der Waals surface area (Å²) in [6.07, 6.45) is 1.77. The van der Waals surface area contributed by atoms with E-state index >= 15 is 0 Å². The SMILES string of the molecule is NC(=O)CCCCn1c(N)nc2cc(I)c(F)cc21. The Morgan fingerprint density at radius 2 is 2.16 bits per heavy atom. The Morgan fingerprint density at radius 1 is 1.42 bits per heavy atom. The van der Waals surface area contributed by atoms with E-state index in [9.17, 15) is 9.18 Å². The molecule has 0 saturated heterocycles. The fraction of sp³-hybridized carbons (Fsp3) is 0.333. The topological polar surface area (TPSA) is 86.9 Å². The summed E-state index contributed by atoms with van der Waals surface area (Å²) in [5.41, 5.74) is 12.3. The van der Waals surface area contributed by atoms with E-state index in [1.54, 1.807) is 10.6 Å². The van der Waals surface area contributed by atoms with Crippen LogP contribution < -0.4 is 11.5 Å². The van der Waals surface area contributed by atoms with Gasteiger partial charge in [0.25, 0.3) is 0 Å². The highest BCUT2D eigenvalue weighted by Gasteiger charge is 2.11. The van der Waals surface area contributed by atoms with Crippen LogP contribution in [-0.4, -0.2) is 15.5 Å². The number of nitrogens with two attached hydrogens (primary N) is 2. The number of aromatic nitrogens is 2. The number of carbonyl (C=O) groups excluding carboxylic acids is 1. The molecule has 1 aromatic carbocycles. The van der Waals surface area contributed by atoms with Gasteiger partial charge in [-0.3, -0.25) is 4.79 Å². The number of benzene rings is 1. The molecule has 1 heterocycles. The zero-order chi connectivity index (χ0) is 14.0. The van der Waals surface area contributed by atoms with Crippen LogP contribution in [0.2, 0.25) is 0 Å². The molecule has 2 aromatic rings. The monoisotopic (exact) mass is 376 g/mol. The molecule has 0 bridgehead atoms. The molecular formula is C12H14FIN4O. The van der Waals surface area contributed by atoms with Gasteiger partial charge < -0.3 is 16.0 Å². The maximum Gasteiger partial charge on any atom is 0.217 e. The van der Waals surface area contributed by atoms with E-state index in [0.717, 1.165) is 6.42 Å². The van der Waals surface area contributed by atoms with Crippen molar-refractivity contribution < 1.29 is 9.18 Å². The molecule has 19 heavy (non-hydrogen) atoms. The molecule has 0 aliphatic rings. The summed E-state index contributed by atoms with van der Waals surface area (Å²) >= 11 is 1.92. The number of halogens is 2. The van der Waals surface area contributed by atoms with Gasteiger partial charge in [-0.15, -0.1) is 0 Å². The van der Waals surface area contributed by atoms with Crippen molar-refractivity contribution >= 4 is 45.5 Å². The second-order valence-corrected chi connectivity index (χ2v) is 5.46. The van der Waals surface area contributed by atoms with Gasteiger partial charge in [0.1, 0.15) is 5.82 Å². The van der Waals surface area contributed by atoms with Crippen LogP contribution in [0.3, 0.4) is 0 Å². The highest BCUT2D eigenvalue weighted by Crippen LogP contribution is 2.23. The van der Waals surface area contributed by atoms with Crippen molar-refractivity contribution in [1.29, 1.82) is 0 Å². The van der Waals surface area contributed by atoms with Gasteiger partial charge in [0.2, 0.25) is 11.9 Å².